The van der Waals surface area contributed by atoms with Gasteiger partial charge in [0.25, 0.3) is 5.56 Å². The van der Waals surface area contributed by atoms with Crippen molar-refractivity contribution >= 4 is 39.8 Å². The number of carbonyl (C=O) groups is 1. The van der Waals surface area contributed by atoms with Gasteiger partial charge in [-0.15, -0.1) is 11.3 Å². The normalized spacial score (nSPS) is 11.7. The lowest BCUT2D eigenvalue weighted by atomic mass is 10.1. The molecule has 0 aliphatic rings. The summed E-state index contributed by atoms with van der Waals surface area (Å²) in [6, 6.07) is 9.93. The number of rotatable bonds is 3. The highest BCUT2D eigenvalue weighted by molar-refractivity contribution is 7.15. The highest BCUT2D eigenvalue weighted by Crippen LogP contribution is 2.20. The molecule has 0 aliphatic carbocycles. The lowest BCUT2D eigenvalue weighted by molar-refractivity contribution is 0.103. The van der Waals surface area contributed by atoms with Gasteiger partial charge in [0.15, 0.2) is 0 Å². The molecule has 0 radical (unpaired) electrons. The van der Waals surface area contributed by atoms with Crippen LogP contribution in [0.1, 0.15) is 21.6 Å². The largest absolute Gasteiger partial charge is 0.382 e. The number of aromatic nitrogens is 1. The van der Waals surface area contributed by atoms with Crippen molar-refractivity contribution in [1.29, 1.82) is 5.26 Å². The molecular weight excluding hydrogens is 346 g/mol. The smallest absolute Gasteiger partial charge is 0.275 e. The minimum Gasteiger partial charge on any atom is -0.382 e. The lowest BCUT2D eigenvalue weighted by Gasteiger charge is -2.01. The molecule has 1 aromatic carbocycles. The first-order valence-corrected chi connectivity index (χ1v) is 8.18. The zero-order valence-corrected chi connectivity index (χ0v) is 14.5. The predicted molar refractivity (Wildman–Crippen MR) is 94.5 cm³/mol. The van der Waals surface area contributed by atoms with Gasteiger partial charge in [0, 0.05) is 30.9 Å². The third kappa shape index (κ3) is 2.68. The molecule has 7 heteroatoms. The number of carbonyl (C=O) groups excluding carboxylic acids is 1. The summed E-state index contributed by atoms with van der Waals surface area (Å²) in [6.07, 6.45) is 1.68. The molecule has 0 aliphatic heterocycles. The maximum Gasteiger partial charge on any atom is 0.275 e. The van der Waals surface area contributed by atoms with Crippen molar-refractivity contribution < 1.29 is 4.79 Å². The number of ketones is 1. The molecule has 0 saturated heterocycles. The molecule has 5 nitrogen and oxygen atoms in total. The van der Waals surface area contributed by atoms with Gasteiger partial charge in [-0.25, -0.2) is 0 Å². The molecule has 3 aromatic rings. The highest BCUT2D eigenvalue weighted by Gasteiger charge is 2.21. The Bertz CT molecular complexity index is 1090. The highest BCUT2D eigenvalue weighted by atomic mass is 35.5. The molecule has 0 bridgehead atoms. The number of nitrogens with zero attached hydrogens (tertiary/aromatic N) is 3. The molecule has 120 valence electrons. The van der Waals surface area contributed by atoms with Gasteiger partial charge in [-0.1, -0.05) is 11.6 Å². The second-order valence-corrected chi connectivity index (χ2v) is 6.86. The van der Waals surface area contributed by atoms with Gasteiger partial charge in [-0.3, -0.25) is 14.0 Å². The zero-order chi connectivity index (χ0) is 17.4. The average Bonchev–Trinajstić information content (AvgIpc) is 3.05. The van der Waals surface area contributed by atoms with Gasteiger partial charge in [0.2, 0.25) is 5.78 Å². The molecule has 3 rings (SSSR count). The summed E-state index contributed by atoms with van der Waals surface area (Å²) in [5.74, 6) is -0.325. The van der Waals surface area contributed by atoms with E-state index in [0.29, 0.717) is 25.5 Å². The van der Waals surface area contributed by atoms with Gasteiger partial charge in [-0.2, -0.15) is 5.26 Å². The number of benzene rings is 1. The molecule has 0 N–H and O–H groups in total. The number of hydrogen-bond donors (Lipinski definition) is 0. The van der Waals surface area contributed by atoms with E-state index < -0.39 is 0 Å². The van der Waals surface area contributed by atoms with Crippen LogP contribution in [0.3, 0.4) is 0 Å². The van der Waals surface area contributed by atoms with E-state index in [1.54, 1.807) is 49.5 Å². The van der Waals surface area contributed by atoms with Crippen LogP contribution in [0.2, 0.25) is 5.02 Å². The minimum absolute atomic E-state index is 0.184. The predicted octanol–water partition coefficient (Wildman–Crippen LogP) is 2.14. The van der Waals surface area contributed by atoms with Crippen molar-refractivity contribution in [3.05, 3.63) is 67.1 Å². The summed E-state index contributed by atoms with van der Waals surface area (Å²) >= 11 is 7.04. The Balaban J connectivity index is 2.27. The minimum atomic E-state index is -0.325. The van der Waals surface area contributed by atoms with Crippen molar-refractivity contribution in [1.82, 2.24) is 9.30 Å². The number of fused-ring (bicyclic) bond motifs is 1. The number of thiazole rings is 1. The molecule has 2 heterocycles. The Morgan fingerprint density at radius 2 is 2.00 bits per heavy atom. The molecule has 0 unspecified atom stereocenters. The standard InChI is InChI=1S/C17H12ClN3O2S/c1-20(2)9-14-16(23)21-13(7-11(8-19)17(21)24-14)15(22)10-3-5-12(18)6-4-10/h3-7,9H,1-2H3/b14-9+. The second-order valence-electron chi connectivity index (χ2n) is 5.40. The number of halogens is 1. The van der Waals surface area contributed by atoms with Crippen molar-refractivity contribution in [3.63, 3.8) is 0 Å². The Morgan fingerprint density at radius 3 is 2.58 bits per heavy atom. The third-order valence-electron chi connectivity index (χ3n) is 3.41. The van der Waals surface area contributed by atoms with Crippen molar-refractivity contribution in [3.8, 4) is 6.07 Å². The van der Waals surface area contributed by atoms with E-state index in [1.807, 2.05) is 6.07 Å². The summed E-state index contributed by atoms with van der Waals surface area (Å²) < 4.78 is 1.78. The second kappa shape index (κ2) is 6.11. The molecule has 0 amide bonds. The van der Waals surface area contributed by atoms with Gasteiger partial charge in [0.1, 0.15) is 15.4 Å². The summed E-state index contributed by atoms with van der Waals surface area (Å²) in [5.41, 5.74) is 0.603. The van der Waals surface area contributed by atoms with E-state index in [2.05, 4.69) is 0 Å². The fraction of sp³-hybridized carbons (Fsp3) is 0.118. The van der Waals surface area contributed by atoms with E-state index in [0.717, 1.165) is 0 Å². The maximum absolute atomic E-state index is 12.8. The van der Waals surface area contributed by atoms with E-state index in [4.69, 9.17) is 11.6 Å². The first kappa shape index (κ1) is 16.2. The summed E-state index contributed by atoms with van der Waals surface area (Å²) in [4.78, 5) is 27.6. The van der Waals surface area contributed by atoms with Gasteiger partial charge in [0.05, 0.1) is 11.3 Å². The van der Waals surface area contributed by atoms with Crippen LogP contribution in [0.25, 0.3) is 11.0 Å². The van der Waals surface area contributed by atoms with E-state index in [1.165, 1.54) is 21.8 Å². The quantitative estimate of drug-likeness (QED) is 0.674. The van der Waals surface area contributed by atoms with E-state index >= 15 is 0 Å². The SMILES string of the molecule is CN(C)/C=c1/sc2c(C#N)cc(C(=O)c3ccc(Cl)cc3)n2c1=O. The van der Waals surface area contributed by atoms with Crippen LogP contribution in [0.4, 0.5) is 0 Å². The molecule has 0 saturated carbocycles. The molecular formula is C17H12ClN3O2S. The van der Waals surface area contributed by atoms with Crippen molar-refractivity contribution in [2.45, 2.75) is 0 Å². The first-order valence-electron chi connectivity index (χ1n) is 6.99. The van der Waals surface area contributed by atoms with Gasteiger partial charge >= 0.3 is 0 Å². The Kier molecular flexibility index (Phi) is 4.14. The molecule has 2 aromatic heterocycles. The topological polar surface area (TPSA) is 65.6 Å². The average molecular weight is 358 g/mol. The Hall–Kier alpha value is -2.62. The number of nitriles is 1. The lowest BCUT2D eigenvalue weighted by Crippen LogP contribution is -2.27. The molecule has 0 spiro atoms. The number of hydrogen-bond acceptors (Lipinski definition) is 5. The van der Waals surface area contributed by atoms with Gasteiger partial charge in [-0.05, 0) is 30.3 Å². The monoisotopic (exact) mass is 357 g/mol. The maximum atomic E-state index is 12.8. The van der Waals surface area contributed by atoms with E-state index in [-0.39, 0.29) is 17.0 Å². The van der Waals surface area contributed by atoms with E-state index in [9.17, 15) is 14.9 Å². The van der Waals surface area contributed by atoms with Crippen molar-refractivity contribution in [2.24, 2.45) is 0 Å². The van der Waals surface area contributed by atoms with Crippen LogP contribution in [0.15, 0.2) is 35.1 Å². The fourth-order valence-corrected chi connectivity index (χ4v) is 3.63. The summed E-state index contributed by atoms with van der Waals surface area (Å²) in [7, 11) is 3.61. The van der Waals surface area contributed by atoms with Crippen LogP contribution >= 0.6 is 22.9 Å². The van der Waals surface area contributed by atoms with Crippen LogP contribution in [0, 0.1) is 11.3 Å². The zero-order valence-electron chi connectivity index (χ0n) is 12.9. The van der Waals surface area contributed by atoms with Crippen LogP contribution in [-0.2, 0) is 0 Å². The Morgan fingerprint density at radius 1 is 1.33 bits per heavy atom. The molecule has 0 atom stereocenters. The third-order valence-corrected chi connectivity index (χ3v) is 4.76. The van der Waals surface area contributed by atoms with Gasteiger partial charge < -0.3 is 4.90 Å². The first-order chi connectivity index (χ1) is 11.4. The van der Waals surface area contributed by atoms with Crippen LogP contribution in [-0.4, -0.2) is 29.2 Å². The summed E-state index contributed by atoms with van der Waals surface area (Å²) in [5, 5.41) is 9.83. The molecule has 0 fully saturated rings. The molecule has 24 heavy (non-hydrogen) atoms. The fourth-order valence-electron chi connectivity index (χ4n) is 2.37. The Labute approximate surface area is 146 Å². The van der Waals surface area contributed by atoms with Crippen LogP contribution in [0.5, 0.6) is 0 Å². The van der Waals surface area contributed by atoms with Crippen molar-refractivity contribution in [2.75, 3.05) is 14.1 Å². The summed E-state index contributed by atoms with van der Waals surface area (Å²) in [6.45, 7) is 0. The van der Waals surface area contributed by atoms with Crippen LogP contribution < -0.4 is 10.1 Å².